The first-order chi connectivity index (χ1) is 14.2. The summed E-state index contributed by atoms with van der Waals surface area (Å²) in [7, 11) is 0. The predicted molar refractivity (Wildman–Crippen MR) is 108 cm³/mol. The van der Waals surface area contributed by atoms with Gasteiger partial charge in [-0.2, -0.15) is 0 Å². The Kier molecular flexibility index (Phi) is 6.21. The molecule has 1 aromatic carbocycles. The minimum atomic E-state index is -0.603. The molecule has 2 aromatic rings. The van der Waals surface area contributed by atoms with Gasteiger partial charge in [0.05, 0.1) is 6.10 Å². The Bertz CT molecular complexity index is 852. The number of aliphatic hydroxyl groups is 1. The summed E-state index contributed by atoms with van der Waals surface area (Å²) in [6.45, 7) is 0.862. The summed E-state index contributed by atoms with van der Waals surface area (Å²) < 4.78 is 17.8. The van der Waals surface area contributed by atoms with Crippen molar-refractivity contribution in [2.75, 3.05) is 26.4 Å². The van der Waals surface area contributed by atoms with Gasteiger partial charge in [-0.15, -0.1) is 0 Å². The lowest BCUT2D eigenvalue weighted by Crippen LogP contribution is -2.51. The number of likely N-dealkylation sites (tertiary alicyclic amines) is 1. The van der Waals surface area contributed by atoms with Gasteiger partial charge in [0.25, 0.3) is 0 Å². The van der Waals surface area contributed by atoms with Gasteiger partial charge in [0, 0.05) is 24.6 Å². The number of ether oxygens (including phenoxy) is 1. The van der Waals surface area contributed by atoms with Crippen molar-refractivity contribution in [3.05, 3.63) is 59.4 Å². The van der Waals surface area contributed by atoms with Crippen molar-refractivity contribution in [3.8, 4) is 5.75 Å². The molecule has 5 nitrogen and oxygen atoms in total. The van der Waals surface area contributed by atoms with Crippen molar-refractivity contribution in [1.29, 1.82) is 0 Å². The highest BCUT2D eigenvalue weighted by atomic mass is 19.1. The second-order valence-electron chi connectivity index (χ2n) is 7.87. The Morgan fingerprint density at radius 3 is 2.59 bits per heavy atom. The zero-order chi connectivity index (χ0) is 20.2. The van der Waals surface area contributed by atoms with Gasteiger partial charge in [0.15, 0.2) is 5.78 Å². The number of hydrogen-bond donors (Lipinski definition) is 1. The van der Waals surface area contributed by atoms with E-state index in [1.165, 1.54) is 11.1 Å². The van der Waals surface area contributed by atoms with Crippen LogP contribution >= 0.6 is 0 Å². The van der Waals surface area contributed by atoms with E-state index in [1.807, 2.05) is 12.1 Å². The maximum absolute atomic E-state index is 13.0. The van der Waals surface area contributed by atoms with Crippen LogP contribution in [0.4, 0.5) is 4.39 Å². The van der Waals surface area contributed by atoms with Crippen molar-refractivity contribution < 1.29 is 19.0 Å². The summed E-state index contributed by atoms with van der Waals surface area (Å²) >= 11 is 0. The molecule has 1 aliphatic heterocycles. The lowest BCUT2D eigenvalue weighted by Gasteiger charge is -2.41. The fourth-order valence-electron chi connectivity index (χ4n) is 4.58. The number of benzene rings is 1. The molecule has 1 aromatic heterocycles. The molecule has 2 unspecified atom stereocenters. The Labute approximate surface area is 170 Å². The van der Waals surface area contributed by atoms with Gasteiger partial charge < -0.3 is 9.84 Å². The number of nitrogens with zero attached hydrogens (tertiary/aromatic N) is 2. The fourth-order valence-corrected chi connectivity index (χ4v) is 4.58. The Morgan fingerprint density at radius 1 is 1.14 bits per heavy atom. The highest BCUT2D eigenvalue weighted by Gasteiger charge is 2.35. The van der Waals surface area contributed by atoms with Crippen LogP contribution in [0.2, 0.25) is 0 Å². The first kappa shape index (κ1) is 20.0. The van der Waals surface area contributed by atoms with Crippen LogP contribution in [0.3, 0.4) is 0 Å². The van der Waals surface area contributed by atoms with Gasteiger partial charge in [-0.05, 0) is 55.6 Å². The van der Waals surface area contributed by atoms with Crippen molar-refractivity contribution in [2.24, 2.45) is 5.92 Å². The largest absolute Gasteiger partial charge is 0.488 e. The number of halogens is 1. The van der Waals surface area contributed by atoms with E-state index in [2.05, 4.69) is 22.0 Å². The number of ketones is 1. The minimum Gasteiger partial charge on any atom is -0.488 e. The molecule has 4 rings (SSSR count). The molecule has 1 fully saturated rings. The average Bonchev–Trinajstić information content (AvgIpc) is 2.77. The number of rotatable bonds is 6. The summed E-state index contributed by atoms with van der Waals surface area (Å²) in [6, 6.07) is 11.8. The zero-order valence-electron chi connectivity index (χ0n) is 16.5. The minimum absolute atomic E-state index is 0.0337. The smallest absolute Gasteiger partial charge is 0.188 e. The first-order valence-corrected chi connectivity index (χ1v) is 10.3. The number of Topliss-reactive ketones (excluding diaryl/α,β-unsaturated/α-hetero) is 1. The van der Waals surface area contributed by atoms with E-state index in [0.29, 0.717) is 17.9 Å². The Hall–Kier alpha value is -2.31. The molecule has 2 aliphatic rings. The Morgan fingerprint density at radius 2 is 1.86 bits per heavy atom. The molecule has 29 heavy (non-hydrogen) atoms. The van der Waals surface area contributed by atoms with Crippen LogP contribution in [0.25, 0.3) is 0 Å². The van der Waals surface area contributed by atoms with Gasteiger partial charge in [0.2, 0.25) is 0 Å². The molecule has 1 aliphatic carbocycles. The predicted octanol–water partition coefficient (Wildman–Crippen LogP) is 2.85. The molecular formula is C23H27FN2O3. The molecule has 2 heterocycles. The lowest BCUT2D eigenvalue weighted by molar-refractivity contribution is 0.0238. The van der Waals surface area contributed by atoms with Crippen LogP contribution in [0.5, 0.6) is 5.75 Å². The normalized spacial score (nSPS) is 22.8. The number of alkyl halides is 1. The second-order valence-corrected chi connectivity index (χ2v) is 7.87. The van der Waals surface area contributed by atoms with Crippen LogP contribution in [-0.4, -0.2) is 59.3 Å². The molecule has 0 saturated carbocycles. The van der Waals surface area contributed by atoms with Gasteiger partial charge in [-0.25, -0.2) is 9.37 Å². The lowest BCUT2D eigenvalue weighted by atomic mass is 9.83. The number of aliphatic hydroxyl groups excluding tert-OH is 1. The summed E-state index contributed by atoms with van der Waals surface area (Å²) in [4.78, 5) is 19.5. The van der Waals surface area contributed by atoms with Crippen LogP contribution in [0.1, 0.15) is 34.5 Å². The number of carbonyl (C=O) groups is 1. The molecule has 1 saturated heterocycles. The summed E-state index contributed by atoms with van der Waals surface area (Å²) in [5.41, 5.74) is 2.84. The fraction of sp³-hybridized carbons (Fsp3) is 0.478. The van der Waals surface area contributed by atoms with E-state index in [1.54, 1.807) is 18.3 Å². The second kappa shape index (κ2) is 9.01. The SMILES string of the molecule is O=C(c1ncccc1OCCF)C1CCN(C2Cc3ccccc3CC2O)CC1. The summed E-state index contributed by atoms with van der Waals surface area (Å²) in [6.07, 6.45) is 4.17. The van der Waals surface area contributed by atoms with Gasteiger partial charge in [-0.1, -0.05) is 24.3 Å². The number of pyridine rings is 1. The van der Waals surface area contributed by atoms with E-state index in [-0.39, 0.29) is 30.5 Å². The number of piperidine rings is 1. The molecule has 6 heteroatoms. The van der Waals surface area contributed by atoms with Crippen molar-refractivity contribution in [2.45, 2.75) is 37.8 Å². The molecule has 0 spiro atoms. The average molecular weight is 398 g/mol. The molecule has 2 atom stereocenters. The molecule has 154 valence electrons. The molecular weight excluding hydrogens is 371 g/mol. The number of carbonyl (C=O) groups excluding carboxylic acids is 1. The highest BCUT2D eigenvalue weighted by molar-refractivity contribution is 5.98. The first-order valence-electron chi connectivity index (χ1n) is 10.3. The number of aromatic nitrogens is 1. The van der Waals surface area contributed by atoms with Gasteiger partial charge in [-0.3, -0.25) is 9.69 Å². The number of hydrogen-bond acceptors (Lipinski definition) is 5. The van der Waals surface area contributed by atoms with E-state index < -0.39 is 6.67 Å². The third-order valence-electron chi connectivity index (χ3n) is 6.13. The van der Waals surface area contributed by atoms with Crippen LogP contribution in [0.15, 0.2) is 42.6 Å². The molecule has 0 amide bonds. The number of fused-ring (bicyclic) bond motifs is 1. The van der Waals surface area contributed by atoms with Gasteiger partial charge >= 0.3 is 0 Å². The highest BCUT2D eigenvalue weighted by Crippen LogP contribution is 2.30. The maximum Gasteiger partial charge on any atom is 0.188 e. The van der Waals surface area contributed by atoms with E-state index >= 15 is 0 Å². The Balaban J connectivity index is 1.39. The molecule has 0 bridgehead atoms. The van der Waals surface area contributed by atoms with Gasteiger partial charge in [0.1, 0.15) is 24.7 Å². The topological polar surface area (TPSA) is 62.7 Å². The zero-order valence-corrected chi connectivity index (χ0v) is 16.5. The van der Waals surface area contributed by atoms with Crippen LogP contribution in [0, 0.1) is 5.92 Å². The monoisotopic (exact) mass is 398 g/mol. The standard InChI is InChI=1S/C23H27FN2O3/c24-9-13-29-21-6-3-10-25-22(21)23(28)16-7-11-26(12-8-16)19-14-17-4-1-2-5-18(17)15-20(19)27/h1-6,10,16,19-20,27H,7-9,11-15H2. The van der Waals surface area contributed by atoms with Crippen LogP contribution in [-0.2, 0) is 12.8 Å². The maximum atomic E-state index is 13.0. The summed E-state index contributed by atoms with van der Waals surface area (Å²) in [5, 5.41) is 10.7. The van der Waals surface area contributed by atoms with E-state index in [9.17, 15) is 14.3 Å². The third-order valence-corrected chi connectivity index (χ3v) is 6.13. The van der Waals surface area contributed by atoms with Crippen molar-refractivity contribution in [1.82, 2.24) is 9.88 Å². The quantitative estimate of drug-likeness (QED) is 0.758. The van der Waals surface area contributed by atoms with E-state index in [4.69, 9.17) is 4.74 Å². The summed E-state index contributed by atoms with van der Waals surface area (Å²) in [5.74, 6) is 0.201. The van der Waals surface area contributed by atoms with E-state index in [0.717, 1.165) is 32.4 Å². The molecule has 0 radical (unpaired) electrons. The van der Waals surface area contributed by atoms with Crippen molar-refractivity contribution in [3.63, 3.8) is 0 Å². The van der Waals surface area contributed by atoms with Crippen LogP contribution < -0.4 is 4.74 Å². The molecule has 1 N–H and O–H groups in total. The van der Waals surface area contributed by atoms with Crippen molar-refractivity contribution >= 4 is 5.78 Å². The third kappa shape index (κ3) is 4.33.